The van der Waals surface area contributed by atoms with Gasteiger partial charge < -0.3 is 14.5 Å². The van der Waals surface area contributed by atoms with Crippen LogP contribution in [0.4, 0.5) is 0 Å². The maximum atomic E-state index is 12.8. The van der Waals surface area contributed by atoms with Crippen molar-refractivity contribution in [3.8, 4) is 0 Å². The van der Waals surface area contributed by atoms with E-state index in [0.29, 0.717) is 39.3 Å². The van der Waals surface area contributed by atoms with E-state index >= 15 is 0 Å². The molecule has 1 unspecified atom stereocenters. The molecule has 1 atom stereocenters. The Labute approximate surface area is 162 Å². The molecule has 27 heavy (non-hydrogen) atoms. The van der Waals surface area contributed by atoms with Crippen LogP contribution < -0.4 is 0 Å². The third kappa shape index (κ3) is 4.89. The van der Waals surface area contributed by atoms with E-state index in [1.807, 2.05) is 4.90 Å². The summed E-state index contributed by atoms with van der Waals surface area (Å²) in [5.74, 6) is 0.192. The summed E-state index contributed by atoms with van der Waals surface area (Å²) < 4.78 is 5.33. The normalized spacial score (nSPS) is 20.8. The maximum Gasteiger partial charge on any atom is 0.245 e. The van der Waals surface area contributed by atoms with Gasteiger partial charge in [-0.05, 0) is 35.8 Å². The summed E-state index contributed by atoms with van der Waals surface area (Å²) in [4.78, 5) is 29.2. The van der Waals surface area contributed by atoms with Gasteiger partial charge in [0.05, 0.1) is 13.2 Å². The second-order valence-electron chi connectivity index (χ2n) is 8.63. The van der Waals surface area contributed by atoms with E-state index in [2.05, 4.69) is 45.0 Å². The molecule has 1 aromatic rings. The number of nitrogens with zero attached hydrogens (tertiary/aromatic N) is 2. The molecule has 2 saturated heterocycles. The van der Waals surface area contributed by atoms with E-state index in [1.165, 1.54) is 11.1 Å². The van der Waals surface area contributed by atoms with E-state index in [1.54, 1.807) is 4.90 Å². The predicted octanol–water partition coefficient (Wildman–Crippen LogP) is 2.77. The fraction of sp³-hybridized carbons (Fsp3) is 0.636. The van der Waals surface area contributed by atoms with Crippen LogP contribution >= 0.6 is 0 Å². The third-order valence-corrected chi connectivity index (χ3v) is 5.63. The van der Waals surface area contributed by atoms with Gasteiger partial charge in [-0.2, -0.15) is 0 Å². The van der Waals surface area contributed by atoms with Crippen LogP contribution in [0.2, 0.25) is 0 Å². The quantitative estimate of drug-likeness (QED) is 0.817. The molecule has 0 aromatic heterocycles. The van der Waals surface area contributed by atoms with Crippen molar-refractivity contribution in [2.75, 3.05) is 32.8 Å². The fourth-order valence-electron chi connectivity index (χ4n) is 3.88. The van der Waals surface area contributed by atoms with Gasteiger partial charge in [-0.25, -0.2) is 0 Å². The Balaban J connectivity index is 1.56. The minimum absolute atomic E-state index is 0.0960. The molecule has 0 bridgehead atoms. The molecule has 2 amide bonds. The predicted molar refractivity (Wildman–Crippen MR) is 106 cm³/mol. The van der Waals surface area contributed by atoms with E-state index < -0.39 is 0 Å². The number of amides is 2. The van der Waals surface area contributed by atoms with Gasteiger partial charge >= 0.3 is 0 Å². The number of likely N-dealkylation sites (tertiary alicyclic amines) is 1. The van der Waals surface area contributed by atoms with Gasteiger partial charge in [-0.3, -0.25) is 9.59 Å². The lowest BCUT2D eigenvalue weighted by Crippen LogP contribution is -2.51. The third-order valence-electron chi connectivity index (χ3n) is 5.63. The van der Waals surface area contributed by atoms with Crippen LogP contribution in [0.1, 0.15) is 51.2 Å². The van der Waals surface area contributed by atoms with Crippen molar-refractivity contribution >= 4 is 11.8 Å². The summed E-state index contributed by atoms with van der Waals surface area (Å²) >= 11 is 0. The highest BCUT2D eigenvalue weighted by Crippen LogP contribution is 2.24. The number of benzene rings is 1. The molecule has 5 nitrogen and oxygen atoms in total. The zero-order valence-electron chi connectivity index (χ0n) is 16.9. The van der Waals surface area contributed by atoms with Crippen LogP contribution in [0.5, 0.6) is 0 Å². The van der Waals surface area contributed by atoms with E-state index in [0.717, 1.165) is 19.3 Å². The topological polar surface area (TPSA) is 49.9 Å². The molecule has 0 N–H and O–H groups in total. The van der Waals surface area contributed by atoms with Crippen LogP contribution in [-0.4, -0.2) is 60.5 Å². The molecule has 2 aliphatic rings. The number of hydrogen-bond donors (Lipinski definition) is 0. The minimum Gasteiger partial charge on any atom is -0.378 e. The lowest BCUT2D eigenvalue weighted by Gasteiger charge is -2.32. The van der Waals surface area contributed by atoms with Crippen LogP contribution in [-0.2, 0) is 26.2 Å². The van der Waals surface area contributed by atoms with Crippen molar-refractivity contribution < 1.29 is 14.3 Å². The first-order valence-corrected chi connectivity index (χ1v) is 10.1. The Kier molecular flexibility index (Phi) is 6.20. The number of hydrogen-bond acceptors (Lipinski definition) is 3. The first kappa shape index (κ1) is 19.9. The molecule has 0 spiro atoms. The van der Waals surface area contributed by atoms with Crippen LogP contribution in [0.15, 0.2) is 24.3 Å². The smallest absolute Gasteiger partial charge is 0.245 e. The first-order valence-electron chi connectivity index (χ1n) is 10.1. The van der Waals surface area contributed by atoms with Crippen molar-refractivity contribution in [3.63, 3.8) is 0 Å². The Morgan fingerprint density at radius 3 is 2.37 bits per heavy atom. The zero-order chi connectivity index (χ0) is 19.4. The molecule has 2 aliphatic heterocycles. The summed E-state index contributed by atoms with van der Waals surface area (Å²) in [7, 11) is 0. The number of rotatable bonds is 4. The zero-order valence-corrected chi connectivity index (χ0v) is 16.9. The van der Waals surface area contributed by atoms with Crippen molar-refractivity contribution in [1.82, 2.24) is 9.80 Å². The monoisotopic (exact) mass is 372 g/mol. The Morgan fingerprint density at radius 2 is 1.74 bits per heavy atom. The first-order chi connectivity index (χ1) is 12.9. The van der Waals surface area contributed by atoms with Crippen molar-refractivity contribution in [1.29, 1.82) is 0 Å². The summed E-state index contributed by atoms with van der Waals surface area (Å²) in [6.45, 7) is 9.75. The maximum absolute atomic E-state index is 12.8. The van der Waals surface area contributed by atoms with Gasteiger partial charge in [-0.1, -0.05) is 45.0 Å². The highest BCUT2D eigenvalue weighted by atomic mass is 16.5. The van der Waals surface area contributed by atoms with Gasteiger partial charge in [0.25, 0.3) is 0 Å². The summed E-state index contributed by atoms with van der Waals surface area (Å²) in [5.41, 5.74) is 2.61. The van der Waals surface area contributed by atoms with E-state index in [9.17, 15) is 9.59 Å². The van der Waals surface area contributed by atoms with Gasteiger partial charge in [0.2, 0.25) is 11.8 Å². The summed E-state index contributed by atoms with van der Waals surface area (Å²) in [6.07, 6.45) is 2.87. The summed E-state index contributed by atoms with van der Waals surface area (Å²) in [5, 5.41) is 0. The lowest BCUT2D eigenvalue weighted by atomic mass is 9.86. The molecule has 0 radical (unpaired) electrons. The van der Waals surface area contributed by atoms with Crippen LogP contribution in [0.25, 0.3) is 0 Å². The van der Waals surface area contributed by atoms with Gasteiger partial charge in [0.15, 0.2) is 0 Å². The van der Waals surface area contributed by atoms with Crippen LogP contribution in [0.3, 0.4) is 0 Å². The Hall–Kier alpha value is -1.88. The number of morpholine rings is 1. The summed E-state index contributed by atoms with van der Waals surface area (Å²) in [6, 6.07) is 8.27. The molecule has 1 aromatic carbocycles. The SMILES string of the molecule is CC(C)(C)c1ccc(CCC(=O)N2CCCC2C(=O)N2CCOCC2)cc1. The standard InChI is InChI=1S/C22H32N2O3/c1-22(2,3)18-9-6-17(7-10-18)8-11-20(25)24-12-4-5-19(24)21(26)23-13-15-27-16-14-23/h6-7,9-10,19H,4-5,8,11-16H2,1-3H3. The second-order valence-corrected chi connectivity index (χ2v) is 8.63. The molecular formula is C22H32N2O3. The molecule has 2 heterocycles. The number of ether oxygens (including phenoxy) is 1. The van der Waals surface area contributed by atoms with Gasteiger partial charge in [0, 0.05) is 26.1 Å². The van der Waals surface area contributed by atoms with E-state index in [-0.39, 0.29) is 23.3 Å². The lowest BCUT2D eigenvalue weighted by molar-refractivity contribution is -0.146. The van der Waals surface area contributed by atoms with Gasteiger partial charge in [-0.15, -0.1) is 0 Å². The molecule has 0 saturated carbocycles. The average Bonchev–Trinajstić information content (AvgIpc) is 3.16. The molecule has 3 rings (SSSR count). The molecule has 5 heteroatoms. The minimum atomic E-state index is -0.279. The Bertz CT molecular complexity index is 657. The number of carbonyl (C=O) groups excluding carboxylic acids is 2. The number of carbonyl (C=O) groups is 2. The van der Waals surface area contributed by atoms with E-state index in [4.69, 9.17) is 4.74 Å². The highest BCUT2D eigenvalue weighted by molar-refractivity contribution is 5.88. The average molecular weight is 373 g/mol. The van der Waals surface area contributed by atoms with Crippen LogP contribution in [0, 0.1) is 0 Å². The van der Waals surface area contributed by atoms with Crippen molar-refractivity contribution in [2.24, 2.45) is 0 Å². The fourth-order valence-corrected chi connectivity index (χ4v) is 3.88. The van der Waals surface area contributed by atoms with Crippen molar-refractivity contribution in [3.05, 3.63) is 35.4 Å². The Morgan fingerprint density at radius 1 is 1.07 bits per heavy atom. The number of aryl methyl sites for hydroxylation is 1. The highest BCUT2D eigenvalue weighted by Gasteiger charge is 2.36. The second kappa shape index (κ2) is 8.42. The van der Waals surface area contributed by atoms with Gasteiger partial charge in [0.1, 0.15) is 6.04 Å². The molecule has 0 aliphatic carbocycles. The molecule has 2 fully saturated rings. The molecule has 148 valence electrons. The largest absolute Gasteiger partial charge is 0.378 e. The molecular weight excluding hydrogens is 340 g/mol. The van der Waals surface area contributed by atoms with Crippen molar-refractivity contribution in [2.45, 2.75) is 57.9 Å².